The molecule has 0 fully saturated rings. The van der Waals surface area contributed by atoms with E-state index in [-0.39, 0.29) is 6.10 Å². The molecule has 0 saturated heterocycles. The minimum atomic E-state index is -0.0671. The summed E-state index contributed by atoms with van der Waals surface area (Å²) >= 11 is 12.3. The average molecular weight is 320 g/mol. The Kier molecular flexibility index (Phi) is 7.67. The van der Waals surface area contributed by atoms with E-state index in [4.69, 9.17) is 32.7 Å². The number of hydrogen-bond acceptors (Lipinski definition) is 3. The summed E-state index contributed by atoms with van der Waals surface area (Å²) in [6.07, 6.45) is -0.0671. The molecule has 1 N–H and O–H groups in total. The Morgan fingerprint density at radius 2 is 1.90 bits per heavy atom. The number of methoxy groups -OCH3 is 1. The van der Waals surface area contributed by atoms with E-state index in [1.807, 2.05) is 13.0 Å². The molecular formula is C15H23Cl2NO2. The zero-order chi connectivity index (χ0) is 15.1. The summed E-state index contributed by atoms with van der Waals surface area (Å²) in [5.74, 6) is 1.26. The molecule has 0 aliphatic carbocycles. The SMILES string of the molecule is COCC(C)Oc1c(Cl)cc(Cl)cc1CNCC(C)C. The van der Waals surface area contributed by atoms with Crippen LogP contribution in [0, 0.1) is 5.92 Å². The van der Waals surface area contributed by atoms with Crippen molar-refractivity contribution in [3.8, 4) is 5.75 Å². The molecule has 3 nitrogen and oxygen atoms in total. The van der Waals surface area contributed by atoms with Crippen LogP contribution in [-0.4, -0.2) is 26.4 Å². The first-order valence-corrected chi connectivity index (χ1v) is 7.53. The third kappa shape index (κ3) is 5.88. The molecule has 0 bridgehead atoms. The summed E-state index contributed by atoms with van der Waals surface area (Å²) in [7, 11) is 1.65. The Bertz CT molecular complexity index is 425. The van der Waals surface area contributed by atoms with Crippen LogP contribution in [0.2, 0.25) is 10.0 Å². The lowest BCUT2D eigenvalue weighted by Crippen LogP contribution is -2.22. The largest absolute Gasteiger partial charge is 0.486 e. The molecule has 114 valence electrons. The fraction of sp³-hybridized carbons (Fsp3) is 0.600. The van der Waals surface area contributed by atoms with Gasteiger partial charge in [0.1, 0.15) is 11.9 Å². The number of ether oxygens (including phenoxy) is 2. The monoisotopic (exact) mass is 319 g/mol. The lowest BCUT2D eigenvalue weighted by molar-refractivity contribution is 0.0914. The van der Waals surface area contributed by atoms with Gasteiger partial charge in [-0.15, -0.1) is 0 Å². The summed E-state index contributed by atoms with van der Waals surface area (Å²) < 4.78 is 11.0. The van der Waals surface area contributed by atoms with Crippen LogP contribution >= 0.6 is 23.2 Å². The van der Waals surface area contributed by atoms with Crippen molar-refractivity contribution in [2.75, 3.05) is 20.3 Å². The molecule has 1 atom stereocenters. The highest BCUT2D eigenvalue weighted by molar-refractivity contribution is 6.35. The van der Waals surface area contributed by atoms with Crippen molar-refractivity contribution in [3.63, 3.8) is 0 Å². The smallest absolute Gasteiger partial charge is 0.143 e. The highest BCUT2D eigenvalue weighted by Gasteiger charge is 2.14. The van der Waals surface area contributed by atoms with E-state index in [0.717, 1.165) is 12.1 Å². The third-order valence-corrected chi connectivity index (χ3v) is 3.17. The molecule has 0 amide bonds. The predicted octanol–water partition coefficient (Wildman–Crippen LogP) is 4.15. The summed E-state index contributed by atoms with van der Waals surface area (Å²) in [6.45, 7) is 8.38. The van der Waals surface area contributed by atoms with Gasteiger partial charge in [0.05, 0.1) is 11.6 Å². The minimum Gasteiger partial charge on any atom is -0.486 e. The van der Waals surface area contributed by atoms with E-state index in [1.54, 1.807) is 13.2 Å². The maximum Gasteiger partial charge on any atom is 0.143 e. The second-order valence-electron chi connectivity index (χ2n) is 5.28. The van der Waals surface area contributed by atoms with Crippen LogP contribution < -0.4 is 10.1 Å². The Hall–Kier alpha value is -0.480. The maximum absolute atomic E-state index is 6.24. The average Bonchev–Trinajstić information content (AvgIpc) is 2.33. The van der Waals surface area contributed by atoms with Gasteiger partial charge >= 0.3 is 0 Å². The Morgan fingerprint density at radius 1 is 1.20 bits per heavy atom. The van der Waals surface area contributed by atoms with Crippen molar-refractivity contribution in [2.45, 2.75) is 33.4 Å². The number of nitrogens with one attached hydrogen (secondary N) is 1. The van der Waals surface area contributed by atoms with Gasteiger partial charge in [-0.1, -0.05) is 37.0 Å². The molecule has 1 aromatic rings. The lowest BCUT2D eigenvalue weighted by atomic mass is 10.1. The van der Waals surface area contributed by atoms with Gasteiger partial charge in [-0.2, -0.15) is 0 Å². The molecule has 5 heteroatoms. The number of hydrogen-bond donors (Lipinski definition) is 1. The van der Waals surface area contributed by atoms with Crippen LogP contribution in [0.5, 0.6) is 5.75 Å². The van der Waals surface area contributed by atoms with Gasteiger partial charge in [-0.3, -0.25) is 0 Å². The van der Waals surface area contributed by atoms with Crippen LogP contribution in [-0.2, 0) is 11.3 Å². The number of halogens is 2. The molecule has 1 unspecified atom stereocenters. The Balaban J connectivity index is 2.84. The minimum absolute atomic E-state index is 0.0671. The molecule has 0 aliphatic heterocycles. The molecule has 0 saturated carbocycles. The predicted molar refractivity (Wildman–Crippen MR) is 85.0 cm³/mol. The fourth-order valence-electron chi connectivity index (χ4n) is 1.84. The zero-order valence-corrected chi connectivity index (χ0v) is 14.0. The van der Waals surface area contributed by atoms with Gasteiger partial charge in [0.25, 0.3) is 0 Å². The zero-order valence-electron chi connectivity index (χ0n) is 12.5. The van der Waals surface area contributed by atoms with Crippen molar-refractivity contribution in [3.05, 3.63) is 27.7 Å². The second-order valence-corrected chi connectivity index (χ2v) is 6.13. The van der Waals surface area contributed by atoms with Crippen molar-refractivity contribution >= 4 is 23.2 Å². The number of rotatable bonds is 8. The Labute approximate surface area is 131 Å². The summed E-state index contributed by atoms with van der Waals surface area (Å²) in [5, 5.41) is 4.52. The van der Waals surface area contributed by atoms with E-state index in [1.165, 1.54) is 0 Å². The second kappa shape index (κ2) is 8.73. The summed E-state index contributed by atoms with van der Waals surface area (Å²) in [4.78, 5) is 0. The molecule has 0 aromatic heterocycles. The first-order valence-electron chi connectivity index (χ1n) is 6.78. The molecular weight excluding hydrogens is 297 g/mol. The van der Waals surface area contributed by atoms with E-state index < -0.39 is 0 Å². The van der Waals surface area contributed by atoms with Crippen LogP contribution in [0.4, 0.5) is 0 Å². The molecule has 1 aromatic carbocycles. The van der Waals surface area contributed by atoms with Crippen molar-refractivity contribution in [2.24, 2.45) is 5.92 Å². The van der Waals surface area contributed by atoms with Gasteiger partial charge in [-0.05, 0) is 31.5 Å². The molecule has 0 aliphatic rings. The highest BCUT2D eigenvalue weighted by Crippen LogP contribution is 2.33. The number of benzene rings is 1. The molecule has 1 rings (SSSR count). The fourth-order valence-corrected chi connectivity index (χ4v) is 2.42. The van der Waals surface area contributed by atoms with Crippen LogP contribution in [0.3, 0.4) is 0 Å². The van der Waals surface area contributed by atoms with E-state index in [0.29, 0.717) is 34.9 Å². The van der Waals surface area contributed by atoms with E-state index in [9.17, 15) is 0 Å². The maximum atomic E-state index is 6.24. The third-order valence-electron chi connectivity index (χ3n) is 2.67. The lowest BCUT2D eigenvalue weighted by Gasteiger charge is -2.19. The molecule has 20 heavy (non-hydrogen) atoms. The van der Waals surface area contributed by atoms with Gasteiger partial charge in [0.2, 0.25) is 0 Å². The van der Waals surface area contributed by atoms with Crippen molar-refractivity contribution in [1.29, 1.82) is 0 Å². The van der Waals surface area contributed by atoms with Crippen LogP contribution in [0.25, 0.3) is 0 Å². The van der Waals surface area contributed by atoms with Crippen molar-refractivity contribution < 1.29 is 9.47 Å². The van der Waals surface area contributed by atoms with Gasteiger partial charge < -0.3 is 14.8 Å². The highest BCUT2D eigenvalue weighted by atomic mass is 35.5. The van der Waals surface area contributed by atoms with E-state index in [2.05, 4.69) is 19.2 Å². The van der Waals surface area contributed by atoms with Gasteiger partial charge in [-0.25, -0.2) is 0 Å². The van der Waals surface area contributed by atoms with Crippen LogP contribution in [0.1, 0.15) is 26.3 Å². The van der Waals surface area contributed by atoms with Crippen LogP contribution in [0.15, 0.2) is 12.1 Å². The van der Waals surface area contributed by atoms with Crippen molar-refractivity contribution in [1.82, 2.24) is 5.32 Å². The summed E-state index contributed by atoms with van der Waals surface area (Å²) in [6, 6.07) is 3.58. The standard InChI is InChI=1S/C15H23Cl2NO2/c1-10(2)7-18-8-12-5-13(16)6-14(17)15(12)20-11(3)9-19-4/h5-6,10-11,18H,7-9H2,1-4H3. The van der Waals surface area contributed by atoms with Gasteiger partial charge in [0.15, 0.2) is 0 Å². The summed E-state index contributed by atoms with van der Waals surface area (Å²) in [5.41, 5.74) is 0.964. The first kappa shape index (κ1) is 17.6. The Morgan fingerprint density at radius 3 is 2.50 bits per heavy atom. The topological polar surface area (TPSA) is 30.5 Å². The molecule has 0 heterocycles. The molecule has 0 spiro atoms. The normalized spacial score (nSPS) is 12.8. The quantitative estimate of drug-likeness (QED) is 0.780. The first-order chi connectivity index (χ1) is 9.43. The van der Waals surface area contributed by atoms with Gasteiger partial charge in [0, 0.05) is 24.2 Å². The van der Waals surface area contributed by atoms with E-state index >= 15 is 0 Å². The molecule has 0 radical (unpaired) electrons.